The van der Waals surface area contributed by atoms with Crippen LogP contribution in [0.1, 0.15) is 39.3 Å². The lowest BCUT2D eigenvalue weighted by Gasteiger charge is -2.44. The van der Waals surface area contributed by atoms with E-state index in [0.29, 0.717) is 12.6 Å². The predicted octanol–water partition coefficient (Wildman–Crippen LogP) is 1.32. The van der Waals surface area contributed by atoms with E-state index in [1.54, 1.807) is 0 Å². The Labute approximate surface area is 122 Å². The van der Waals surface area contributed by atoms with E-state index in [1.165, 1.54) is 5.56 Å². The summed E-state index contributed by atoms with van der Waals surface area (Å²) < 4.78 is 1.98. The number of aryl methyl sites for hydroxylation is 1. The monoisotopic (exact) mass is 279 g/mol. The van der Waals surface area contributed by atoms with E-state index >= 15 is 0 Å². The van der Waals surface area contributed by atoms with E-state index in [4.69, 9.17) is 5.73 Å². The Hall–Kier alpha value is -0.910. The molecule has 2 N–H and O–H groups in total. The van der Waals surface area contributed by atoms with Gasteiger partial charge in [0.25, 0.3) is 0 Å². The lowest BCUT2D eigenvalue weighted by atomic mass is 10.0. The predicted molar refractivity (Wildman–Crippen MR) is 82.6 cm³/mol. The Morgan fingerprint density at radius 1 is 1.25 bits per heavy atom. The van der Waals surface area contributed by atoms with Gasteiger partial charge in [-0.05, 0) is 27.7 Å². The molecule has 1 atom stereocenters. The van der Waals surface area contributed by atoms with Crippen LogP contribution in [0.25, 0.3) is 0 Å². The summed E-state index contributed by atoms with van der Waals surface area (Å²) in [4.78, 5) is 5.05. The lowest BCUT2D eigenvalue weighted by Crippen LogP contribution is -2.54. The van der Waals surface area contributed by atoms with E-state index in [1.807, 2.05) is 10.9 Å². The van der Waals surface area contributed by atoms with Crippen molar-refractivity contribution in [1.82, 2.24) is 19.6 Å². The third-order valence-corrected chi connectivity index (χ3v) is 4.29. The SMILES string of the molecule is CCn1cc(C(CN)N2CCN(C(C)(C)C)CC2)cn1. The van der Waals surface area contributed by atoms with Crippen LogP contribution in [-0.2, 0) is 6.54 Å². The number of rotatable bonds is 4. The second kappa shape index (κ2) is 6.24. The minimum Gasteiger partial charge on any atom is -0.329 e. The van der Waals surface area contributed by atoms with Gasteiger partial charge in [-0.2, -0.15) is 5.10 Å². The summed E-state index contributed by atoms with van der Waals surface area (Å²) in [7, 11) is 0. The molecular formula is C15H29N5. The van der Waals surface area contributed by atoms with Crippen molar-refractivity contribution < 1.29 is 0 Å². The zero-order chi connectivity index (χ0) is 14.8. The maximum Gasteiger partial charge on any atom is 0.0538 e. The van der Waals surface area contributed by atoms with Crippen LogP contribution in [0.5, 0.6) is 0 Å². The first-order valence-electron chi connectivity index (χ1n) is 7.67. The summed E-state index contributed by atoms with van der Waals surface area (Å²) in [6, 6.07) is 0.303. The fourth-order valence-electron chi connectivity index (χ4n) is 2.92. The third kappa shape index (κ3) is 3.40. The van der Waals surface area contributed by atoms with Crippen LogP contribution in [0.3, 0.4) is 0 Å². The molecule has 0 aromatic carbocycles. The molecule has 0 radical (unpaired) electrons. The van der Waals surface area contributed by atoms with Gasteiger partial charge in [-0.3, -0.25) is 14.5 Å². The Kier molecular flexibility index (Phi) is 4.83. The van der Waals surface area contributed by atoms with Gasteiger partial charge in [0.1, 0.15) is 0 Å². The molecule has 1 aromatic heterocycles. The standard InChI is InChI=1S/C15H29N5/c1-5-20-12-13(11-17-20)14(10-16)18-6-8-19(9-7-18)15(2,3)4/h11-12,14H,5-10,16H2,1-4H3. The molecule has 0 bridgehead atoms. The summed E-state index contributed by atoms with van der Waals surface area (Å²) in [5.41, 5.74) is 7.52. The van der Waals surface area contributed by atoms with Crippen molar-refractivity contribution in [2.75, 3.05) is 32.7 Å². The second-order valence-electron chi connectivity index (χ2n) is 6.57. The van der Waals surface area contributed by atoms with E-state index < -0.39 is 0 Å². The van der Waals surface area contributed by atoms with Crippen molar-refractivity contribution >= 4 is 0 Å². The van der Waals surface area contributed by atoms with Crippen LogP contribution < -0.4 is 5.73 Å². The quantitative estimate of drug-likeness (QED) is 0.903. The number of piperazine rings is 1. The first kappa shape index (κ1) is 15.5. The molecule has 5 heteroatoms. The van der Waals surface area contributed by atoms with Crippen LogP contribution in [0.4, 0.5) is 0 Å². The summed E-state index contributed by atoms with van der Waals surface area (Å²) in [6.07, 6.45) is 4.10. The van der Waals surface area contributed by atoms with Gasteiger partial charge in [0, 0.05) is 56.6 Å². The van der Waals surface area contributed by atoms with Gasteiger partial charge in [-0.15, -0.1) is 0 Å². The first-order chi connectivity index (χ1) is 9.45. The van der Waals surface area contributed by atoms with Crippen LogP contribution in [0.15, 0.2) is 12.4 Å². The highest BCUT2D eigenvalue weighted by atomic mass is 15.3. The van der Waals surface area contributed by atoms with Gasteiger partial charge in [0.05, 0.1) is 12.2 Å². The van der Waals surface area contributed by atoms with Crippen molar-refractivity contribution in [2.24, 2.45) is 5.73 Å². The maximum absolute atomic E-state index is 6.01. The molecule has 1 aromatic rings. The topological polar surface area (TPSA) is 50.3 Å². The molecular weight excluding hydrogens is 250 g/mol. The Balaban J connectivity index is 2.00. The van der Waals surface area contributed by atoms with E-state index in [0.717, 1.165) is 32.7 Å². The van der Waals surface area contributed by atoms with Crippen molar-refractivity contribution in [1.29, 1.82) is 0 Å². The molecule has 5 nitrogen and oxygen atoms in total. The fourth-order valence-corrected chi connectivity index (χ4v) is 2.92. The first-order valence-corrected chi connectivity index (χ1v) is 7.67. The maximum atomic E-state index is 6.01. The van der Waals surface area contributed by atoms with Crippen LogP contribution in [0.2, 0.25) is 0 Å². The molecule has 0 saturated carbocycles. The van der Waals surface area contributed by atoms with Crippen LogP contribution >= 0.6 is 0 Å². The smallest absolute Gasteiger partial charge is 0.0538 e. The van der Waals surface area contributed by atoms with Crippen LogP contribution in [-0.4, -0.2) is 57.8 Å². The van der Waals surface area contributed by atoms with Gasteiger partial charge in [0.2, 0.25) is 0 Å². The number of aromatic nitrogens is 2. The zero-order valence-electron chi connectivity index (χ0n) is 13.3. The molecule has 20 heavy (non-hydrogen) atoms. The summed E-state index contributed by atoms with van der Waals surface area (Å²) in [6.45, 7) is 14.9. The number of hydrogen-bond acceptors (Lipinski definition) is 4. The van der Waals surface area contributed by atoms with Crippen LogP contribution in [0, 0.1) is 0 Å². The average molecular weight is 279 g/mol. The molecule has 1 unspecified atom stereocenters. The van der Waals surface area contributed by atoms with Gasteiger partial charge < -0.3 is 5.73 Å². The highest BCUT2D eigenvalue weighted by Gasteiger charge is 2.29. The Morgan fingerprint density at radius 2 is 1.90 bits per heavy atom. The highest BCUT2D eigenvalue weighted by molar-refractivity contribution is 5.12. The third-order valence-electron chi connectivity index (χ3n) is 4.29. The molecule has 1 aliphatic heterocycles. The minimum atomic E-state index is 0.261. The molecule has 2 rings (SSSR count). The zero-order valence-corrected chi connectivity index (χ0v) is 13.3. The van der Waals surface area contributed by atoms with E-state index in [9.17, 15) is 0 Å². The lowest BCUT2D eigenvalue weighted by molar-refractivity contribution is 0.0433. The van der Waals surface area contributed by atoms with Gasteiger partial charge in [-0.25, -0.2) is 0 Å². The molecule has 1 aliphatic rings. The van der Waals surface area contributed by atoms with E-state index in [2.05, 4.69) is 48.8 Å². The molecule has 0 amide bonds. The van der Waals surface area contributed by atoms with Crippen molar-refractivity contribution in [3.63, 3.8) is 0 Å². The average Bonchev–Trinajstić information content (AvgIpc) is 2.88. The second-order valence-corrected chi connectivity index (χ2v) is 6.57. The Morgan fingerprint density at radius 3 is 2.35 bits per heavy atom. The molecule has 114 valence electrons. The number of nitrogens with two attached hydrogens (primary N) is 1. The van der Waals surface area contributed by atoms with Crippen molar-refractivity contribution in [3.8, 4) is 0 Å². The summed E-state index contributed by atoms with van der Waals surface area (Å²) >= 11 is 0. The minimum absolute atomic E-state index is 0.261. The molecule has 0 aliphatic carbocycles. The van der Waals surface area contributed by atoms with Gasteiger partial charge in [0.15, 0.2) is 0 Å². The molecule has 1 saturated heterocycles. The Bertz CT molecular complexity index is 412. The molecule has 1 fully saturated rings. The van der Waals surface area contributed by atoms with E-state index in [-0.39, 0.29) is 5.54 Å². The fraction of sp³-hybridized carbons (Fsp3) is 0.800. The highest BCUT2D eigenvalue weighted by Crippen LogP contribution is 2.23. The number of nitrogens with zero attached hydrogens (tertiary/aromatic N) is 4. The number of hydrogen-bond donors (Lipinski definition) is 1. The largest absolute Gasteiger partial charge is 0.329 e. The molecule has 2 heterocycles. The summed E-state index contributed by atoms with van der Waals surface area (Å²) in [5.74, 6) is 0. The summed E-state index contributed by atoms with van der Waals surface area (Å²) in [5, 5.41) is 4.38. The molecule has 0 spiro atoms. The van der Waals surface area contributed by atoms with Gasteiger partial charge >= 0.3 is 0 Å². The normalized spacial score (nSPS) is 20.2. The van der Waals surface area contributed by atoms with Gasteiger partial charge in [-0.1, -0.05) is 0 Å². The van der Waals surface area contributed by atoms with Crippen molar-refractivity contribution in [2.45, 2.75) is 45.8 Å². The van der Waals surface area contributed by atoms with Crippen molar-refractivity contribution in [3.05, 3.63) is 18.0 Å².